The van der Waals surface area contributed by atoms with E-state index in [-0.39, 0.29) is 56.6 Å². The molecule has 0 bridgehead atoms. The van der Waals surface area contributed by atoms with Crippen molar-refractivity contribution in [2.24, 2.45) is 0 Å². The summed E-state index contributed by atoms with van der Waals surface area (Å²) in [5, 5.41) is 0. The summed E-state index contributed by atoms with van der Waals surface area (Å²) in [6.45, 7) is 0. The monoisotopic (exact) mass is 216 g/mol. The number of rotatable bonds is 0. The summed E-state index contributed by atoms with van der Waals surface area (Å²) < 4.78 is 51.4. The Kier molecular flexibility index (Phi) is 60.6. The van der Waals surface area contributed by atoms with E-state index in [1.807, 2.05) is 0 Å². The summed E-state index contributed by atoms with van der Waals surface area (Å²) in [4.78, 5) is 0. The fraction of sp³-hybridized carbons (Fsp3) is 0. The van der Waals surface area contributed by atoms with Crippen LogP contribution in [0.15, 0.2) is 0 Å². The topological polar surface area (TPSA) is 120 Å². The average Bonchev–Trinajstić information content (AvgIpc) is 1.25. The summed E-state index contributed by atoms with van der Waals surface area (Å²) in [6, 6.07) is 0. The second kappa shape index (κ2) is 22.8. The van der Waals surface area contributed by atoms with E-state index in [0.29, 0.717) is 0 Å². The summed E-state index contributed by atoms with van der Waals surface area (Å²) in [5.74, 6) is 0. The number of hydrogen-bond acceptors (Lipinski definition) is 6. The first-order valence-electron chi connectivity index (χ1n) is 1.16. The Balaban J connectivity index is -0.0000000171. The summed E-state index contributed by atoms with van der Waals surface area (Å²) in [5.41, 5.74) is 0. The van der Waals surface area contributed by atoms with Gasteiger partial charge in [0.2, 0.25) is 0 Å². The van der Waals surface area contributed by atoms with Crippen LogP contribution >= 0.6 is 0 Å². The van der Waals surface area contributed by atoms with Crippen LogP contribution in [-0.4, -0.2) is 0 Å². The van der Waals surface area contributed by atoms with E-state index in [9.17, 15) is 0 Å². The first kappa shape index (κ1) is 29.2. The fourth-order valence-corrected chi connectivity index (χ4v) is 0. The molecule has 48 valence electrons. The fourth-order valence-electron chi connectivity index (χ4n) is 0. The van der Waals surface area contributed by atoms with Gasteiger partial charge in [-0.15, -0.1) is 0 Å². The molecule has 11 heteroatoms. The van der Waals surface area contributed by atoms with Crippen molar-refractivity contribution in [2.75, 3.05) is 0 Å². The second-order valence-corrected chi connectivity index (χ2v) is 1.95. The maximum absolute atomic E-state index is 8.58. The van der Waals surface area contributed by atoms with Crippen LogP contribution in [0.4, 0.5) is 0 Å². The molecule has 0 spiro atoms. The molecule has 6 nitrogen and oxygen atoms in total. The van der Waals surface area contributed by atoms with Gasteiger partial charge < -0.3 is 0 Å². The van der Waals surface area contributed by atoms with Crippen LogP contribution in [0.1, 0.15) is 0 Å². The van der Waals surface area contributed by atoms with Gasteiger partial charge in [-0.25, -0.2) is 0 Å². The van der Waals surface area contributed by atoms with Crippen molar-refractivity contribution in [1.82, 2.24) is 0 Å². The van der Waals surface area contributed by atoms with E-state index in [0.717, 1.165) is 0 Å². The van der Waals surface area contributed by atoms with Gasteiger partial charge in [0.05, 0.1) is 0 Å². The second-order valence-electron chi connectivity index (χ2n) is 0.474. The molecule has 0 saturated carbocycles. The van der Waals surface area contributed by atoms with E-state index >= 15 is 0 Å². The SMILES string of the molecule is [Li+].[Li+].[Li+].[O]=[Ti]([O-])[O-].[O]=[V](=[O])[O-]. The zero-order valence-corrected chi connectivity index (χ0v) is 9.35. The van der Waals surface area contributed by atoms with Crippen LogP contribution in [0, 0.1) is 0 Å². The first-order valence-corrected chi connectivity index (χ1v) is 4.78. The van der Waals surface area contributed by atoms with Crippen LogP contribution in [0.25, 0.3) is 0 Å². The molecule has 0 aromatic carbocycles. The molecule has 0 amide bonds. The Morgan fingerprint density at radius 3 is 1.00 bits per heavy atom. The maximum atomic E-state index is 8.58. The zero-order chi connectivity index (χ0) is 7.15. The van der Waals surface area contributed by atoms with Gasteiger partial charge in [0.15, 0.2) is 0 Å². The Morgan fingerprint density at radius 1 is 1.00 bits per heavy atom. The Morgan fingerprint density at radius 2 is 1.00 bits per heavy atom. The first-order chi connectivity index (χ1) is 3.46. The van der Waals surface area contributed by atoms with Gasteiger partial charge in [0, 0.05) is 0 Å². The molecule has 0 aromatic rings. The van der Waals surface area contributed by atoms with Gasteiger partial charge >= 0.3 is 113 Å². The Labute approximate surface area is 111 Å². The predicted molar refractivity (Wildman–Crippen MR) is 2.06 cm³/mol. The zero-order valence-electron chi connectivity index (χ0n) is 6.40. The molecule has 0 saturated heterocycles. The molecule has 0 rings (SSSR count). The minimum absolute atomic E-state index is 0. The number of hydrogen-bond donors (Lipinski definition) is 0. The van der Waals surface area contributed by atoms with E-state index in [1.165, 1.54) is 0 Å². The van der Waals surface area contributed by atoms with Crippen LogP contribution in [-0.2, 0) is 44.7 Å². The van der Waals surface area contributed by atoms with Crippen molar-refractivity contribution in [3.8, 4) is 0 Å². The predicted octanol–water partition coefficient (Wildman–Crippen LogP) is -12.9. The van der Waals surface area contributed by atoms with E-state index in [1.54, 1.807) is 0 Å². The van der Waals surface area contributed by atoms with Crippen molar-refractivity contribution < 1.29 is 113 Å². The van der Waals surface area contributed by atoms with Crippen molar-refractivity contribution in [3.05, 3.63) is 0 Å². The summed E-state index contributed by atoms with van der Waals surface area (Å²) >= 11 is -8.02. The molecule has 0 aliphatic rings. The Hall–Kier alpha value is 2.37. The molecule has 0 atom stereocenters. The summed E-state index contributed by atoms with van der Waals surface area (Å²) in [6.07, 6.45) is 0. The van der Waals surface area contributed by atoms with Crippen molar-refractivity contribution in [1.29, 1.82) is 0 Å². The molecule has 0 N–H and O–H groups in total. The Bertz CT molecular complexity index is 120. The molecule has 0 unspecified atom stereocenters. The molecular formula is Li3O6TiV. The molecule has 0 fully saturated rings. The molecule has 11 heavy (non-hydrogen) atoms. The van der Waals surface area contributed by atoms with E-state index in [4.69, 9.17) is 22.1 Å². The molecule has 0 aliphatic heterocycles. The standard InChI is InChI=1S/3Li.6O.Ti.V/q3*+1;;;;3*-1;;. The van der Waals surface area contributed by atoms with Gasteiger partial charge in [0.25, 0.3) is 0 Å². The van der Waals surface area contributed by atoms with Gasteiger partial charge in [-0.05, 0) is 0 Å². The van der Waals surface area contributed by atoms with Gasteiger partial charge in [-0.1, -0.05) is 0 Å². The average molecular weight is 216 g/mol. The van der Waals surface area contributed by atoms with E-state index in [2.05, 4.69) is 0 Å². The summed E-state index contributed by atoms with van der Waals surface area (Å²) in [7, 11) is 0. The third-order valence-electron chi connectivity index (χ3n) is 0. The van der Waals surface area contributed by atoms with Crippen molar-refractivity contribution in [2.45, 2.75) is 0 Å². The van der Waals surface area contributed by atoms with E-state index < -0.39 is 34.0 Å². The molecule has 0 aromatic heterocycles. The van der Waals surface area contributed by atoms with Gasteiger partial charge in [-0.3, -0.25) is 0 Å². The van der Waals surface area contributed by atoms with Gasteiger partial charge in [-0.2, -0.15) is 0 Å². The van der Waals surface area contributed by atoms with Crippen molar-refractivity contribution in [3.63, 3.8) is 0 Å². The quantitative estimate of drug-likeness (QED) is 0.370. The van der Waals surface area contributed by atoms with Gasteiger partial charge in [0.1, 0.15) is 0 Å². The minimum atomic E-state index is -4.08. The normalized spacial score (nSPS) is 4.64. The molecular weight excluding hydrogens is 216 g/mol. The molecule has 0 aliphatic carbocycles. The third-order valence-corrected chi connectivity index (χ3v) is 0. The van der Waals surface area contributed by atoms with Crippen LogP contribution < -0.4 is 68.0 Å². The van der Waals surface area contributed by atoms with Crippen LogP contribution in [0.3, 0.4) is 0 Å². The van der Waals surface area contributed by atoms with Crippen LogP contribution in [0.2, 0.25) is 0 Å². The van der Waals surface area contributed by atoms with Crippen LogP contribution in [0.5, 0.6) is 0 Å². The molecule has 0 heterocycles. The molecule has 0 radical (unpaired) electrons. The third kappa shape index (κ3) is 237. The van der Waals surface area contributed by atoms with Crippen molar-refractivity contribution >= 4 is 0 Å².